The Morgan fingerprint density at radius 2 is 2.25 bits per heavy atom. The Morgan fingerprint density at radius 3 is 2.94 bits per heavy atom. The number of carbonyl (C=O) groups excluding carboxylic acids is 1. The van der Waals surface area contributed by atoms with Gasteiger partial charge in [-0.25, -0.2) is 0 Å². The summed E-state index contributed by atoms with van der Waals surface area (Å²) in [6.07, 6.45) is 5.01. The van der Waals surface area contributed by atoms with Crippen LogP contribution < -0.4 is 10.5 Å². The van der Waals surface area contributed by atoms with Crippen LogP contribution in [-0.4, -0.2) is 25.7 Å². The highest BCUT2D eigenvalue weighted by Crippen LogP contribution is 2.12. The van der Waals surface area contributed by atoms with Crippen LogP contribution in [0.4, 0.5) is 0 Å². The minimum absolute atomic E-state index is 0.269. The van der Waals surface area contributed by atoms with Crippen LogP contribution in [0.3, 0.4) is 0 Å². The molecule has 0 spiro atoms. The van der Waals surface area contributed by atoms with E-state index in [9.17, 15) is 4.79 Å². The molecule has 84 valence electrons. The molecule has 0 fully saturated rings. The molecule has 0 saturated heterocycles. The van der Waals surface area contributed by atoms with Gasteiger partial charge in [-0.1, -0.05) is 12.0 Å². The molecule has 2 N–H and O–H groups in total. The maximum Gasteiger partial charge on any atom is 0.248 e. The molecule has 4 heteroatoms. The van der Waals surface area contributed by atoms with Gasteiger partial charge in [-0.15, -0.1) is 6.42 Å². The summed E-state index contributed by atoms with van der Waals surface area (Å²) in [4.78, 5) is 10.9. The minimum atomic E-state index is -0.478. The number of benzene rings is 1. The molecule has 1 amide bonds. The molecular weight excluding hydrogens is 206 g/mol. The van der Waals surface area contributed by atoms with E-state index in [1.807, 2.05) is 0 Å². The van der Waals surface area contributed by atoms with Gasteiger partial charge in [0.15, 0.2) is 0 Å². The number of rotatable bonds is 6. The van der Waals surface area contributed by atoms with Gasteiger partial charge in [0, 0.05) is 5.56 Å². The highest BCUT2D eigenvalue weighted by Gasteiger charge is 2.01. The van der Waals surface area contributed by atoms with E-state index in [0.717, 1.165) is 0 Å². The zero-order chi connectivity index (χ0) is 11.8. The van der Waals surface area contributed by atoms with Crippen molar-refractivity contribution in [3.05, 3.63) is 29.8 Å². The van der Waals surface area contributed by atoms with Gasteiger partial charge in [0.1, 0.15) is 19.0 Å². The molecule has 0 aromatic heterocycles. The van der Waals surface area contributed by atoms with Gasteiger partial charge in [0.05, 0.1) is 6.61 Å². The molecule has 0 bridgehead atoms. The fraction of sp³-hybridized carbons (Fsp3) is 0.250. The second-order valence-electron chi connectivity index (χ2n) is 3.00. The predicted molar refractivity (Wildman–Crippen MR) is 60.1 cm³/mol. The van der Waals surface area contributed by atoms with E-state index in [2.05, 4.69) is 5.92 Å². The molecule has 0 radical (unpaired) electrons. The highest BCUT2D eigenvalue weighted by atomic mass is 16.5. The molecule has 1 rings (SSSR count). The lowest BCUT2D eigenvalue weighted by Crippen LogP contribution is -2.11. The Labute approximate surface area is 94.3 Å². The molecule has 0 aliphatic carbocycles. The Hall–Kier alpha value is -1.99. The minimum Gasteiger partial charge on any atom is -0.491 e. The van der Waals surface area contributed by atoms with Crippen LogP contribution in [0.2, 0.25) is 0 Å². The summed E-state index contributed by atoms with van der Waals surface area (Å²) in [5, 5.41) is 0. The second kappa shape index (κ2) is 6.49. The lowest BCUT2D eigenvalue weighted by atomic mass is 10.2. The van der Waals surface area contributed by atoms with Crippen LogP contribution in [0.25, 0.3) is 0 Å². The van der Waals surface area contributed by atoms with E-state index in [-0.39, 0.29) is 6.61 Å². The van der Waals surface area contributed by atoms with Gasteiger partial charge in [-0.2, -0.15) is 0 Å². The van der Waals surface area contributed by atoms with Gasteiger partial charge in [0.2, 0.25) is 5.91 Å². The number of hydrogen-bond acceptors (Lipinski definition) is 3. The maximum atomic E-state index is 10.9. The van der Waals surface area contributed by atoms with Crippen molar-refractivity contribution >= 4 is 5.91 Å². The van der Waals surface area contributed by atoms with E-state index in [4.69, 9.17) is 21.6 Å². The molecule has 16 heavy (non-hydrogen) atoms. The number of primary amides is 1. The fourth-order valence-corrected chi connectivity index (χ4v) is 1.09. The monoisotopic (exact) mass is 219 g/mol. The molecule has 1 aromatic carbocycles. The van der Waals surface area contributed by atoms with Gasteiger partial charge >= 0.3 is 0 Å². The number of carbonyl (C=O) groups is 1. The van der Waals surface area contributed by atoms with E-state index in [1.165, 1.54) is 0 Å². The summed E-state index contributed by atoms with van der Waals surface area (Å²) < 4.78 is 10.4. The Morgan fingerprint density at radius 1 is 1.44 bits per heavy atom. The molecule has 4 nitrogen and oxygen atoms in total. The average Bonchev–Trinajstić information content (AvgIpc) is 2.29. The van der Waals surface area contributed by atoms with Gasteiger partial charge in [-0.3, -0.25) is 4.79 Å². The van der Waals surface area contributed by atoms with Gasteiger partial charge in [0.25, 0.3) is 0 Å². The summed E-state index contributed by atoms with van der Waals surface area (Å²) in [5.74, 6) is 2.46. The largest absolute Gasteiger partial charge is 0.491 e. The smallest absolute Gasteiger partial charge is 0.248 e. The van der Waals surface area contributed by atoms with E-state index < -0.39 is 5.91 Å². The second-order valence-corrected chi connectivity index (χ2v) is 3.00. The first-order chi connectivity index (χ1) is 7.74. The molecule has 0 aliphatic heterocycles. The Bertz CT molecular complexity index is 395. The highest BCUT2D eigenvalue weighted by molar-refractivity contribution is 5.93. The molecular formula is C12H13NO3. The lowest BCUT2D eigenvalue weighted by molar-refractivity contribution is 0.0999. The van der Waals surface area contributed by atoms with Crippen molar-refractivity contribution in [2.45, 2.75) is 0 Å². The van der Waals surface area contributed by atoms with Crippen LogP contribution >= 0.6 is 0 Å². The van der Waals surface area contributed by atoms with Crippen LogP contribution in [0, 0.1) is 12.3 Å². The summed E-state index contributed by atoms with van der Waals surface area (Å²) in [5.41, 5.74) is 5.55. The van der Waals surface area contributed by atoms with Crippen molar-refractivity contribution in [1.82, 2.24) is 0 Å². The van der Waals surface area contributed by atoms with Crippen molar-refractivity contribution in [1.29, 1.82) is 0 Å². The van der Waals surface area contributed by atoms with Crippen molar-refractivity contribution in [3.8, 4) is 18.1 Å². The molecule has 0 saturated carbocycles. The third-order valence-electron chi connectivity index (χ3n) is 1.80. The number of nitrogens with two attached hydrogens (primary N) is 1. The first kappa shape index (κ1) is 12.1. The van der Waals surface area contributed by atoms with Crippen LogP contribution in [0.1, 0.15) is 10.4 Å². The Balaban J connectivity index is 2.39. The molecule has 0 unspecified atom stereocenters. The van der Waals surface area contributed by atoms with E-state index >= 15 is 0 Å². The van der Waals surface area contributed by atoms with Crippen molar-refractivity contribution in [2.24, 2.45) is 5.73 Å². The van der Waals surface area contributed by atoms with E-state index in [0.29, 0.717) is 24.5 Å². The number of ether oxygens (including phenoxy) is 2. The first-order valence-corrected chi connectivity index (χ1v) is 4.78. The van der Waals surface area contributed by atoms with Crippen LogP contribution in [0.5, 0.6) is 5.75 Å². The topological polar surface area (TPSA) is 61.6 Å². The number of terminal acetylenes is 1. The molecule has 0 atom stereocenters. The van der Waals surface area contributed by atoms with Gasteiger partial charge < -0.3 is 15.2 Å². The summed E-state index contributed by atoms with van der Waals surface area (Å²) in [6, 6.07) is 6.67. The lowest BCUT2D eigenvalue weighted by Gasteiger charge is -2.06. The third kappa shape index (κ3) is 4.03. The van der Waals surface area contributed by atoms with Crippen LogP contribution in [0.15, 0.2) is 24.3 Å². The predicted octanol–water partition coefficient (Wildman–Crippen LogP) is 0.814. The molecule has 1 aromatic rings. The summed E-state index contributed by atoms with van der Waals surface area (Å²) >= 11 is 0. The first-order valence-electron chi connectivity index (χ1n) is 4.78. The quantitative estimate of drug-likeness (QED) is 0.569. The van der Waals surface area contributed by atoms with Gasteiger partial charge in [-0.05, 0) is 18.2 Å². The number of hydrogen-bond donors (Lipinski definition) is 1. The van der Waals surface area contributed by atoms with Crippen molar-refractivity contribution in [3.63, 3.8) is 0 Å². The SMILES string of the molecule is C#CCOCCOc1cccc(C(N)=O)c1. The van der Waals surface area contributed by atoms with Crippen molar-refractivity contribution in [2.75, 3.05) is 19.8 Å². The molecule has 0 aliphatic rings. The third-order valence-corrected chi connectivity index (χ3v) is 1.80. The van der Waals surface area contributed by atoms with Crippen LogP contribution in [-0.2, 0) is 4.74 Å². The fourth-order valence-electron chi connectivity index (χ4n) is 1.09. The zero-order valence-electron chi connectivity index (χ0n) is 8.81. The molecule has 0 heterocycles. The van der Waals surface area contributed by atoms with Crippen molar-refractivity contribution < 1.29 is 14.3 Å². The zero-order valence-corrected chi connectivity index (χ0v) is 8.81. The Kier molecular flexibility index (Phi) is 4.90. The van der Waals surface area contributed by atoms with E-state index in [1.54, 1.807) is 24.3 Å². The maximum absolute atomic E-state index is 10.9. The summed E-state index contributed by atoms with van der Waals surface area (Å²) in [7, 11) is 0. The average molecular weight is 219 g/mol. The number of amides is 1. The standard InChI is InChI=1S/C12H13NO3/c1-2-6-15-7-8-16-11-5-3-4-10(9-11)12(13)14/h1,3-5,9H,6-8H2,(H2,13,14). The normalized spacial score (nSPS) is 9.44. The summed E-state index contributed by atoms with van der Waals surface area (Å²) in [6.45, 7) is 1.06.